The van der Waals surface area contributed by atoms with Crippen molar-refractivity contribution < 1.29 is 18.0 Å². The summed E-state index contributed by atoms with van der Waals surface area (Å²) in [4.78, 5) is 15.8. The third-order valence-corrected chi connectivity index (χ3v) is 1.94. The van der Waals surface area contributed by atoms with Crippen molar-refractivity contribution in [2.24, 2.45) is 0 Å². The minimum absolute atomic E-state index is 0.191. The fraction of sp³-hybridized carbons (Fsp3) is 0.625. The Balaban J connectivity index is 2.88. The van der Waals surface area contributed by atoms with Crippen molar-refractivity contribution in [3.8, 4) is 0 Å². The number of nitrogen functional groups attached to an aromatic ring is 1. The van der Waals surface area contributed by atoms with Crippen LogP contribution < -0.4 is 5.73 Å². The van der Waals surface area contributed by atoms with E-state index in [0.717, 1.165) is 0 Å². The third kappa shape index (κ3) is 3.61. The van der Waals surface area contributed by atoms with Crippen molar-refractivity contribution in [1.82, 2.24) is 20.1 Å². The van der Waals surface area contributed by atoms with Gasteiger partial charge in [-0.05, 0) is 13.8 Å². The number of aromatic nitrogens is 3. The first-order chi connectivity index (χ1) is 7.70. The zero-order valence-corrected chi connectivity index (χ0v) is 9.25. The highest BCUT2D eigenvalue weighted by Gasteiger charge is 2.35. The van der Waals surface area contributed by atoms with Gasteiger partial charge in [0.15, 0.2) is 0 Å². The molecule has 0 saturated heterocycles. The van der Waals surface area contributed by atoms with Gasteiger partial charge in [-0.25, -0.2) is 0 Å². The van der Waals surface area contributed by atoms with Gasteiger partial charge in [0.05, 0.1) is 0 Å². The number of hydrogen-bond acceptors (Lipinski definition) is 4. The molecule has 3 N–H and O–H groups in total. The van der Waals surface area contributed by atoms with Gasteiger partial charge in [0.25, 0.3) is 5.91 Å². The van der Waals surface area contributed by atoms with Crippen molar-refractivity contribution in [2.45, 2.75) is 26.1 Å². The summed E-state index contributed by atoms with van der Waals surface area (Å²) in [6.45, 7) is 1.61. The Bertz CT molecular complexity index is 400. The maximum Gasteiger partial charge on any atom is 0.406 e. The van der Waals surface area contributed by atoms with Crippen molar-refractivity contribution in [3.63, 3.8) is 0 Å². The molecule has 6 nitrogen and oxygen atoms in total. The first-order valence-electron chi connectivity index (χ1n) is 4.76. The lowest BCUT2D eigenvalue weighted by molar-refractivity contribution is -0.143. The van der Waals surface area contributed by atoms with Gasteiger partial charge in [0, 0.05) is 6.04 Å². The number of amides is 1. The van der Waals surface area contributed by atoms with Crippen LogP contribution in [0, 0.1) is 0 Å². The maximum atomic E-state index is 12.3. The zero-order valence-electron chi connectivity index (χ0n) is 9.25. The highest BCUT2D eigenvalue weighted by Crippen LogP contribution is 2.19. The molecule has 96 valence electrons. The molecule has 0 aromatic carbocycles. The summed E-state index contributed by atoms with van der Waals surface area (Å²) in [6.07, 6.45) is -4.47. The quantitative estimate of drug-likeness (QED) is 0.831. The predicted molar refractivity (Wildman–Crippen MR) is 53.0 cm³/mol. The Morgan fingerprint density at radius 1 is 1.53 bits per heavy atom. The second-order valence-electron chi connectivity index (χ2n) is 3.68. The summed E-state index contributed by atoms with van der Waals surface area (Å²) < 4.78 is 36.8. The second kappa shape index (κ2) is 4.60. The number of anilines is 1. The van der Waals surface area contributed by atoms with Crippen LogP contribution in [-0.2, 0) is 0 Å². The van der Waals surface area contributed by atoms with Crippen LogP contribution in [0.4, 0.5) is 19.1 Å². The Morgan fingerprint density at radius 3 is 2.47 bits per heavy atom. The normalized spacial score (nSPS) is 11.9. The number of aromatic amines is 1. The number of nitrogens with two attached hydrogens (primary N) is 1. The molecule has 17 heavy (non-hydrogen) atoms. The number of halogens is 3. The van der Waals surface area contributed by atoms with E-state index in [4.69, 9.17) is 5.73 Å². The molecule has 0 saturated carbocycles. The Hall–Kier alpha value is -1.80. The molecule has 0 aliphatic heterocycles. The highest BCUT2D eigenvalue weighted by atomic mass is 19.4. The van der Waals surface area contributed by atoms with E-state index in [1.807, 2.05) is 0 Å². The van der Waals surface area contributed by atoms with Crippen LogP contribution in [0.3, 0.4) is 0 Å². The van der Waals surface area contributed by atoms with Gasteiger partial charge in [0.1, 0.15) is 6.54 Å². The first-order valence-corrected chi connectivity index (χ1v) is 4.76. The van der Waals surface area contributed by atoms with Crippen LogP contribution in [0.2, 0.25) is 0 Å². The molecule has 1 heterocycles. The molecular weight excluding hydrogens is 239 g/mol. The number of hydrogen-bond donors (Lipinski definition) is 2. The molecule has 0 radical (unpaired) electrons. The first kappa shape index (κ1) is 13.3. The Morgan fingerprint density at radius 2 is 2.12 bits per heavy atom. The fourth-order valence-electron chi connectivity index (χ4n) is 1.19. The molecule has 1 aromatic heterocycles. The summed E-state index contributed by atoms with van der Waals surface area (Å²) in [5, 5.41) is 5.57. The van der Waals surface area contributed by atoms with Crippen LogP contribution in [0.15, 0.2) is 0 Å². The lowest BCUT2D eigenvalue weighted by Crippen LogP contribution is -2.43. The van der Waals surface area contributed by atoms with Crippen molar-refractivity contribution in [3.05, 3.63) is 5.82 Å². The standard InChI is InChI=1S/C8H12F3N5O/c1-4(2)16(3-8(9,10)11)6(17)5-13-7(12)15-14-5/h4H,3H2,1-2H3,(H3,12,13,14,15). The van der Waals surface area contributed by atoms with Gasteiger partial charge < -0.3 is 10.6 Å². The molecule has 0 atom stereocenters. The molecule has 9 heteroatoms. The molecule has 0 unspecified atom stereocenters. The molecule has 1 amide bonds. The number of carbonyl (C=O) groups excluding carboxylic acids is 1. The van der Waals surface area contributed by atoms with E-state index < -0.39 is 24.7 Å². The fourth-order valence-corrected chi connectivity index (χ4v) is 1.19. The number of alkyl halides is 3. The number of nitrogens with zero attached hydrogens (tertiary/aromatic N) is 3. The SMILES string of the molecule is CC(C)N(CC(F)(F)F)C(=O)c1nc(N)n[nH]1. The number of nitrogens with one attached hydrogen (secondary N) is 1. The minimum atomic E-state index is -4.47. The summed E-state index contributed by atoms with van der Waals surface area (Å²) in [6, 6.07) is -0.615. The molecular formula is C8H12F3N5O. The highest BCUT2D eigenvalue weighted by molar-refractivity contribution is 5.90. The van der Waals surface area contributed by atoms with Crippen LogP contribution >= 0.6 is 0 Å². The molecule has 0 aliphatic rings. The van der Waals surface area contributed by atoms with E-state index >= 15 is 0 Å². The van der Waals surface area contributed by atoms with Crippen LogP contribution in [0.5, 0.6) is 0 Å². The predicted octanol–water partition coefficient (Wildman–Crippen LogP) is 0.800. The molecule has 0 fully saturated rings. The largest absolute Gasteiger partial charge is 0.406 e. The summed E-state index contributed by atoms with van der Waals surface area (Å²) in [5.74, 6) is -1.38. The molecule has 0 aliphatic carbocycles. The lowest BCUT2D eigenvalue weighted by atomic mass is 10.3. The number of H-pyrrole nitrogens is 1. The Kier molecular flexibility index (Phi) is 3.59. The molecule has 0 bridgehead atoms. The summed E-state index contributed by atoms with van der Waals surface area (Å²) in [7, 11) is 0. The van der Waals surface area contributed by atoms with E-state index in [9.17, 15) is 18.0 Å². The smallest absolute Gasteiger partial charge is 0.366 e. The van der Waals surface area contributed by atoms with Crippen LogP contribution in [0.1, 0.15) is 24.5 Å². The Labute approximate surface area is 95.0 Å². The second-order valence-corrected chi connectivity index (χ2v) is 3.68. The van der Waals surface area contributed by atoms with E-state index in [0.29, 0.717) is 4.90 Å². The van der Waals surface area contributed by atoms with E-state index in [2.05, 4.69) is 15.2 Å². The average molecular weight is 251 g/mol. The van der Waals surface area contributed by atoms with E-state index in [1.54, 1.807) is 0 Å². The van der Waals surface area contributed by atoms with Crippen molar-refractivity contribution >= 4 is 11.9 Å². The number of carbonyl (C=O) groups is 1. The monoisotopic (exact) mass is 251 g/mol. The van der Waals surface area contributed by atoms with Gasteiger partial charge in [-0.3, -0.25) is 9.89 Å². The molecule has 1 aromatic rings. The van der Waals surface area contributed by atoms with Crippen LogP contribution in [0.25, 0.3) is 0 Å². The minimum Gasteiger partial charge on any atom is -0.366 e. The van der Waals surface area contributed by atoms with Crippen molar-refractivity contribution in [2.75, 3.05) is 12.3 Å². The lowest BCUT2D eigenvalue weighted by Gasteiger charge is -2.26. The van der Waals surface area contributed by atoms with Crippen molar-refractivity contribution in [1.29, 1.82) is 0 Å². The summed E-state index contributed by atoms with van der Waals surface area (Å²) in [5.41, 5.74) is 5.17. The zero-order chi connectivity index (χ0) is 13.2. The van der Waals surface area contributed by atoms with E-state index in [1.165, 1.54) is 13.8 Å². The van der Waals surface area contributed by atoms with Gasteiger partial charge >= 0.3 is 6.18 Å². The van der Waals surface area contributed by atoms with Gasteiger partial charge in [-0.1, -0.05) is 0 Å². The number of rotatable bonds is 3. The molecule has 0 spiro atoms. The topological polar surface area (TPSA) is 87.9 Å². The van der Waals surface area contributed by atoms with Gasteiger partial charge in [-0.15, -0.1) is 5.10 Å². The van der Waals surface area contributed by atoms with Gasteiger partial charge in [-0.2, -0.15) is 18.2 Å². The average Bonchev–Trinajstić information content (AvgIpc) is 2.58. The van der Waals surface area contributed by atoms with E-state index in [-0.39, 0.29) is 11.8 Å². The maximum absolute atomic E-state index is 12.3. The third-order valence-electron chi connectivity index (χ3n) is 1.94. The molecule has 1 rings (SSSR count). The van der Waals surface area contributed by atoms with Crippen LogP contribution in [-0.4, -0.2) is 44.8 Å². The van der Waals surface area contributed by atoms with Gasteiger partial charge in [0.2, 0.25) is 11.8 Å². The summed E-state index contributed by atoms with van der Waals surface area (Å²) >= 11 is 0.